The molecule has 0 saturated heterocycles. The Bertz CT molecular complexity index is 646. The predicted molar refractivity (Wildman–Crippen MR) is 72.2 cm³/mol. The number of nitrogens with zero attached hydrogens (tertiary/aromatic N) is 2. The van der Waals surface area contributed by atoms with Crippen LogP contribution >= 0.6 is 0 Å². The standard InChI is InChI=1S/C15H15N3O2.HI/c1-11-9-16-10-17(11)7-4-8-18-14(19)12-5-2-3-6-13(12)15(18)20;/h2-3,5-6,9-10H,4,7-8H2,1H3;1H. The molecule has 1 N–H and O–H groups in total. The van der Waals surface area contributed by atoms with E-state index in [1.165, 1.54) is 4.90 Å². The Labute approximate surface area is 140 Å². The number of halogens is 1. The fourth-order valence-electron chi connectivity index (χ4n) is 2.51. The van der Waals surface area contributed by atoms with Gasteiger partial charge in [-0.2, -0.15) is 0 Å². The van der Waals surface area contributed by atoms with Gasteiger partial charge in [0.2, 0.25) is 6.33 Å². The molecule has 2 amide bonds. The van der Waals surface area contributed by atoms with E-state index < -0.39 is 0 Å². The molecule has 6 heteroatoms. The molecule has 2 heterocycles. The summed E-state index contributed by atoms with van der Waals surface area (Å²) in [6.45, 7) is 3.24. The summed E-state index contributed by atoms with van der Waals surface area (Å²) in [6.07, 6.45) is 4.55. The maximum Gasteiger partial charge on any atom is 0.261 e. The maximum atomic E-state index is 12.2. The minimum absolute atomic E-state index is 0. The summed E-state index contributed by atoms with van der Waals surface area (Å²) >= 11 is 0. The number of aromatic nitrogens is 2. The largest absolute Gasteiger partial charge is 1.00 e. The summed E-state index contributed by atoms with van der Waals surface area (Å²) in [5.41, 5.74) is 2.17. The third-order valence-corrected chi connectivity index (χ3v) is 3.63. The Balaban J connectivity index is 0.00000161. The van der Waals surface area contributed by atoms with Gasteiger partial charge in [0.15, 0.2) is 0 Å². The van der Waals surface area contributed by atoms with Crippen LogP contribution in [-0.2, 0) is 6.54 Å². The summed E-state index contributed by atoms with van der Waals surface area (Å²) in [7, 11) is 0. The first kappa shape index (κ1) is 15.7. The fourth-order valence-corrected chi connectivity index (χ4v) is 2.51. The molecule has 1 aromatic carbocycles. The van der Waals surface area contributed by atoms with Crippen molar-refractivity contribution in [1.29, 1.82) is 0 Å². The molecule has 1 aliphatic heterocycles. The smallest absolute Gasteiger partial charge is 0.261 e. The molecule has 0 fully saturated rings. The monoisotopic (exact) mass is 397 g/mol. The summed E-state index contributed by atoms with van der Waals surface area (Å²) in [5.74, 6) is -0.359. The van der Waals surface area contributed by atoms with Gasteiger partial charge in [-0.25, -0.2) is 9.55 Å². The number of rotatable bonds is 4. The van der Waals surface area contributed by atoms with Crippen LogP contribution in [0.5, 0.6) is 0 Å². The lowest BCUT2D eigenvalue weighted by Gasteiger charge is -2.12. The number of aryl methyl sites for hydroxylation is 2. The molecule has 21 heavy (non-hydrogen) atoms. The third-order valence-electron chi connectivity index (χ3n) is 3.63. The van der Waals surface area contributed by atoms with E-state index in [0.29, 0.717) is 17.7 Å². The first-order valence-electron chi connectivity index (χ1n) is 6.66. The van der Waals surface area contributed by atoms with Crippen molar-refractivity contribution < 1.29 is 38.5 Å². The Kier molecular flexibility index (Phi) is 4.76. The van der Waals surface area contributed by atoms with Crippen LogP contribution in [0.3, 0.4) is 0 Å². The lowest BCUT2D eigenvalue weighted by Crippen LogP contribution is -3.00. The van der Waals surface area contributed by atoms with Crippen molar-refractivity contribution in [2.24, 2.45) is 0 Å². The first-order valence-corrected chi connectivity index (χ1v) is 6.66. The van der Waals surface area contributed by atoms with Crippen LogP contribution in [0.4, 0.5) is 0 Å². The fraction of sp³-hybridized carbons (Fsp3) is 0.267. The lowest BCUT2D eigenvalue weighted by molar-refractivity contribution is -0.377. The minimum atomic E-state index is -0.179. The second-order valence-corrected chi connectivity index (χ2v) is 4.94. The second-order valence-electron chi connectivity index (χ2n) is 4.94. The van der Waals surface area contributed by atoms with Gasteiger partial charge in [0.25, 0.3) is 11.8 Å². The van der Waals surface area contributed by atoms with Gasteiger partial charge < -0.3 is 24.0 Å². The van der Waals surface area contributed by atoms with Crippen LogP contribution in [-0.4, -0.2) is 27.8 Å². The van der Waals surface area contributed by atoms with E-state index in [9.17, 15) is 9.59 Å². The Morgan fingerprint density at radius 3 is 2.19 bits per heavy atom. The molecule has 1 aromatic heterocycles. The van der Waals surface area contributed by atoms with Crippen LogP contribution in [0.2, 0.25) is 0 Å². The second kappa shape index (κ2) is 6.38. The van der Waals surface area contributed by atoms with Crippen molar-refractivity contribution in [3.8, 4) is 0 Å². The van der Waals surface area contributed by atoms with Gasteiger partial charge >= 0.3 is 0 Å². The molecular weight excluding hydrogens is 381 g/mol. The van der Waals surface area contributed by atoms with Gasteiger partial charge in [-0.3, -0.25) is 14.5 Å². The van der Waals surface area contributed by atoms with Crippen LogP contribution in [0.25, 0.3) is 0 Å². The van der Waals surface area contributed by atoms with E-state index in [-0.39, 0.29) is 35.8 Å². The highest BCUT2D eigenvalue weighted by Gasteiger charge is 2.34. The summed E-state index contributed by atoms with van der Waals surface area (Å²) in [5, 5.41) is 0. The third kappa shape index (κ3) is 2.85. The average Bonchev–Trinajstić information content (AvgIpc) is 2.97. The SMILES string of the molecule is Cc1c[nH+]cn1CCCN1C(=O)c2ccccc2C1=O.[I-]. The van der Waals surface area contributed by atoms with Gasteiger partial charge in [-0.1, -0.05) is 12.1 Å². The number of H-pyrrole nitrogens is 1. The van der Waals surface area contributed by atoms with Crippen LogP contribution in [0.1, 0.15) is 32.8 Å². The summed E-state index contributed by atoms with van der Waals surface area (Å²) in [4.78, 5) is 28.7. The molecule has 110 valence electrons. The molecule has 0 spiro atoms. The highest BCUT2D eigenvalue weighted by Crippen LogP contribution is 2.22. The van der Waals surface area contributed by atoms with Crippen molar-refractivity contribution in [3.05, 3.63) is 53.6 Å². The summed E-state index contributed by atoms with van der Waals surface area (Å²) in [6, 6.07) is 6.99. The van der Waals surface area contributed by atoms with Crippen molar-refractivity contribution in [2.45, 2.75) is 19.9 Å². The number of nitrogens with one attached hydrogen (secondary N) is 1. The number of amides is 2. The number of hydrogen-bond donors (Lipinski definition) is 0. The number of carbonyl (C=O) groups excluding carboxylic acids is 2. The molecule has 0 radical (unpaired) electrons. The lowest BCUT2D eigenvalue weighted by atomic mass is 10.1. The number of benzene rings is 1. The summed E-state index contributed by atoms with van der Waals surface area (Å²) < 4.78 is 2.07. The molecule has 1 aliphatic rings. The normalized spacial score (nSPS) is 13.3. The highest BCUT2D eigenvalue weighted by molar-refractivity contribution is 6.21. The van der Waals surface area contributed by atoms with Crippen molar-refractivity contribution >= 4 is 11.8 Å². The Morgan fingerprint density at radius 1 is 1.05 bits per heavy atom. The van der Waals surface area contributed by atoms with E-state index in [2.05, 4.69) is 9.55 Å². The number of aromatic amines is 1. The highest BCUT2D eigenvalue weighted by atomic mass is 127. The van der Waals surface area contributed by atoms with Crippen LogP contribution in [0, 0.1) is 6.92 Å². The van der Waals surface area contributed by atoms with Gasteiger partial charge in [-0.15, -0.1) is 0 Å². The van der Waals surface area contributed by atoms with Gasteiger partial charge in [-0.05, 0) is 12.1 Å². The van der Waals surface area contributed by atoms with Crippen molar-refractivity contribution in [3.63, 3.8) is 0 Å². The van der Waals surface area contributed by atoms with E-state index in [0.717, 1.165) is 18.7 Å². The average molecular weight is 397 g/mol. The van der Waals surface area contributed by atoms with E-state index in [4.69, 9.17) is 0 Å². The Hall–Kier alpha value is -1.70. The molecular formula is C15H16IN3O2. The van der Waals surface area contributed by atoms with Gasteiger partial charge in [0.1, 0.15) is 11.9 Å². The zero-order chi connectivity index (χ0) is 14.1. The molecule has 5 nitrogen and oxygen atoms in total. The minimum Gasteiger partial charge on any atom is -1.00 e. The number of imide groups is 1. The number of carbonyl (C=O) groups is 2. The van der Waals surface area contributed by atoms with Crippen LogP contribution in [0.15, 0.2) is 36.8 Å². The molecule has 0 saturated carbocycles. The molecule has 0 bridgehead atoms. The zero-order valence-electron chi connectivity index (χ0n) is 11.7. The van der Waals surface area contributed by atoms with E-state index in [1.54, 1.807) is 24.3 Å². The first-order chi connectivity index (χ1) is 9.68. The van der Waals surface area contributed by atoms with Crippen molar-refractivity contribution in [1.82, 2.24) is 9.47 Å². The topological polar surface area (TPSA) is 56.5 Å². The number of fused-ring (bicyclic) bond motifs is 1. The predicted octanol–water partition coefficient (Wildman–Crippen LogP) is -1.70. The molecule has 2 aromatic rings. The van der Waals surface area contributed by atoms with Gasteiger partial charge in [0, 0.05) is 19.9 Å². The van der Waals surface area contributed by atoms with Gasteiger partial charge in [0.05, 0.1) is 17.7 Å². The molecule has 0 aliphatic carbocycles. The molecule has 3 rings (SSSR count). The molecule has 0 atom stereocenters. The quantitative estimate of drug-likeness (QED) is 0.457. The Morgan fingerprint density at radius 2 is 1.67 bits per heavy atom. The van der Waals surface area contributed by atoms with Crippen LogP contribution < -0.4 is 29.0 Å². The van der Waals surface area contributed by atoms with Crippen molar-refractivity contribution in [2.75, 3.05) is 6.54 Å². The van der Waals surface area contributed by atoms with E-state index in [1.807, 2.05) is 19.4 Å². The maximum absolute atomic E-state index is 12.2. The zero-order valence-corrected chi connectivity index (χ0v) is 13.8. The molecule has 0 unspecified atom stereocenters. The van der Waals surface area contributed by atoms with E-state index >= 15 is 0 Å². The number of hydrogen-bond acceptors (Lipinski definition) is 2. The number of imidazole rings is 1.